The fraction of sp³-hybridized carbons (Fsp3) is 0. The number of hydrogen-bond donors (Lipinski definition) is 0. The van der Waals surface area contributed by atoms with E-state index in [0.717, 1.165) is 0 Å². The predicted octanol–water partition coefficient (Wildman–Crippen LogP) is -24.2. The standard InChI is InChI=1S/C51HB31N4O/c52-13-2(4-15(54)27(66)36(75)28(67)16(4)55)1-3-5-17(56)29(68)39(78)41(80)45(5)86(44(3)40(13)79)46-42(81)34(73)21(60)9-6-10(22(61)35(74)43(82)47(6)87-48(9)46)49-83-50(85-51(84-49)12-24(63)32(71)38(77)33(72)25(12)64)11-14(53)7(18(57)26(65)23(11)62)8-19(58)30(69)37(76)31(70)20(8)59/h1H. The first-order chi connectivity index (χ1) is 40.6. The van der Waals surface area contributed by atoms with Gasteiger partial charge >= 0.3 is 0 Å². The van der Waals surface area contributed by atoms with Gasteiger partial charge in [0.1, 0.15) is 249 Å². The van der Waals surface area contributed by atoms with Crippen molar-refractivity contribution in [1.29, 1.82) is 0 Å². The predicted molar refractivity (Wildman–Crippen MR) is 396 cm³/mol. The van der Waals surface area contributed by atoms with Crippen molar-refractivity contribution in [3.63, 3.8) is 0 Å². The molecule has 0 bridgehead atoms. The maximum absolute atomic E-state index is 7.17. The molecule has 0 saturated heterocycles. The van der Waals surface area contributed by atoms with E-state index in [2.05, 4.69) is 0 Å². The average Bonchev–Trinajstić information content (AvgIpc) is 1.57. The fourth-order valence-corrected chi connectivity index (χ4v) is 11.2. The van der Waals surface area contributed by atoms with E-state index in [1.54, 1.807) is 6.07 Å². The molecular formula is C51HB31N4O. The van der Waals surface area contributed by atoms with Gasteiger partial charge in [0.25, 0.3) is 0 Å². The molecule has 0 unspecified atom stereocenters. The highest BCUT2D eigenvalue weighted by atomic mass is 16.3. The smallest absolute Gasteiger partial charge is 0.164 e. The summed E-state index contributed by atoms with van der Waals surface area (Å²) in [7, 11) is 207. The first-order valence-electron chi connectivity index (χ1n) is 25.2. The zero-order valence-corrected chi connectivity index (χ0v) is 45.7. The van der Waals surface area contributed by atoms with Gasteiger partial charge in [-0.15, -0.1) is 76.5 Å². The summed E-state index contributed by atoms with van der Waals surface area (Å²) in [4.78, 5) is 14.6. The van der Waals surface area contributed by atoms with Gasteiger partial charge in [-0.25, -0.2) is 15.0 Å². The second kappa shape index (κ2) is 21.8. The van der Waals surface area contributed by atoms with Crippen molar-refractivity contribution >= 4 is 456 Å². The molecule has 11 rings (SSSR count). The lowest BCUT2D eigenvalue weighted by molar-refractivity contribution is 0.670. The molecular weight excluding hydrogens is 1020 g/mol. The molecule has 0 aliphatic rings. The summed E-state index contributed by atoms with van der Waals surface area (Å²) >= 11 is 0. The molecule has 324 valence electrons. The maximum Gasteiger partial charge on any atom is 0.164 e. The van der Waals surface area contributed by atoms with Crippen molar-refractivity contribution in [3.8, 4) is 62.1 Å². The van der Waals surface area contributed by atoms with E-state index in [9.17, 15) is 0 Å². The van der Waals surface area contributed by atoms with Crippen LogP contribution in [-0.2, 0) is 0 Å². The molecule has 3 heterocycles. The third-order valence-electron chi connectivity index (χ3n) is 16.1. The Balaban J connectivity index is 1.32. The molecule has 36 heteroatoms. The number of benzene rings is 8. The minimum Gasteiger partial charge on any atom is -0.455 e. The van der Waals surface area contributed by atoms with Crippen LogP contribution in [0.4, 0.5) is 0 Å². The van der Waals surface area contributed by atoms with Gasteiger partial charge in [0.05, 0.1) is 5.69 Å². The van der Waals surface area contributed by atoms with E-state index in [4.69, 9.17) is 263 Å². The minimum atomic E-state index is -0.400. The Morgan fingerprint density at radius 1 is 0.230 bits per heavy atom. The first kappa shape index (κ1) is 63.0. The lowest BCUT2D eigenvalue weighted by Gasteiger charge is -2.28. The highest BCUT2D eigenvalue weighted by Gasteiger charge is 2.32. The second-order valence-corrected chi connectivity index (χ2v) is 20.6. The van der Waals surface area contributed by atoms with Crippen LogP contribution in [0.5, 0.6) is 0 Å². The Labute approximate surface area is 544 Å². The molecule has 5 nitrogen and oxygen atoms in total. The van der Waals surface area contributed by atoms with Gasteiger partial charge in [-0.05, 0) is 33.7 Å². The normalized spacial score (nSPS) is 11.7. The third kappa shape index (κ3) is 8.69. The Morgan fingerprint density at radius 3 is 1.01 bits per heavy atom. The summed E-state index contributed by atoms with van der Waals surface area (Å²) in [5.74, 6) is -1.17. The molecule has 0 atom stereocenters. The molecule has 0 spiro atoms. The number of furan rings is 1. The Kier molecular flexibility index (Phi) is 15.8. The second-order valence-electron chi connectivity index (χ2n) is 20.6. The molecule has 11 aromatic rings. The summed E-state index contributed by atoms with van der Waals surface area (Å²) < 4.78 is 8.29. The monoisotopic (exact) mass is 1030 g/mol. The Morgan fingerprint density at radius 2 is 0.540 bits per heavy atom. The average molecular weight is 1020 g/mol. The summed E-state index contributed by atoms with van der Waals surface area (Å²) in [5.41, 5.74) is -6.78. The largest absolute Gasteiger partial charge is 0.455 e. The molecule has 8 aromatic carbocycles. The van der Waals surface area contributed by atoms with Crippen molar-refractivity contribution in [2.45, 2.75) is 0 Å². The Hall–Kier alpha value is -5.62. The van der Waals surface area contributed by atoms with Crippen LogP contribution in [0, 0.1) is 0 Å². The summed E-state index contributed by atoms with van der Waals surface area (Å²) in [6.07, 6.45) is 0. The molecule has 62 radical (unpaired) electrons. The molecule has 0 aliphatic heterocycles. The number of nitrogens with zero attached hydrogens (tertiary/aromatic N) is 4. The quantitative estimate of drug-likeness (QED) is 0.156. The number of rotatable bonds is 6. The van der Waals surface area contributed by atoms with Crippen LogP contribution >= 0.6 is 0 Å². The van der Waals surface area contributed by atoms with Crippen LogP contribution in [0.25, 0.3) is 106 Å². The van der Waals surface area contributed by atoms with Crippen LogP contribution < -0.4 is 169 Å². The first-order valence-corrected chi connectivity index (χ1v) is 25.2. The van der Waals surface area contributed by atoms with Crippen molar-refractivity contribution in [3.05, 3.63) is 6.07 Å². The lowest BCUT2D eigenvalue weighted by atomic mass is 9.56. The zero-order valence-electron chi connectivity index (χ0n) is 45.7. The van der Waals surface area contributed by atoms with Gasteiger partial charge < -0.3 is 8.98 Å². The molecule has 0 saturated carbocycles. The number of fused-ring (bicyclic) bond motifs is 6. The van der Waals surface area contributed by atoms with E-state index < -0.39 is 11.6 Å². The van der Waals surface area contributed by atoms with Gasteiger partial charge in [-0.1, -0.05) is 92.9 Å². The zero-order chi connectivity index (χ0) is 64.0. The Bertz CT molecular complexity index is 4990. The minimum absolute atomic E-state index is 0.0359. The van der Waals surface area contributed by atoms with Crippen LogP contribution in [0.3, 0.4) is 0 Å². The lowest BCUT2D eigenvalue weighted by Crippen LogP contribution is -2.57. The van der Waals surface area contributed by atoms with Crippen LogP contribution in [0.1, 0.15) is 0 Å². The fourth-order valence-electron chi connectivity index (χ4n) is 11.2. The van der Waals surface area contributed by atoms with E-state index in [0.29, 0.717) is 0 Å². The summed E-state index contributed by atoms with van der Waals surface area (Å²) in [6, 6.07) is 1.55. The molecule has 0 fully saturated rings. The van der Waals surface area contributed by atoms with E-state index >= 15 is 0 Å². The number of aromatic nitrogens is 4. The van der Waals surface area contributed by atoms with E-state index in [1.165, 1.54) is 4.57 Å². The van der Waals surface area contributed by atoms with Crippen molar-refractivity contribution in [1.82, 2.24) is 19.5 Å². The van der Waals surface area contributed by atoms with Crippen LogP contribution in [-0.4, -0.2) is 263 Å². The maximum atomic E-state index is 7.17. The van der Waals surface area contributed by atoms with Crippen molar-refractivity contribution in [2.24, 2.45) is 0 Å². The van der Waals surface area contributed by atoms with Gasteiger partial charge in [0, 0.05) is 43.9 Å². The van der Waals surface area contributed by atoms with Crippen molar-refractivity contribution < 1.29 is 4.42 Å². The van der Waals surface area contributed by atoms with Gasteiger partial charge in [-0.3, -0.25) is 0 Å². The molecule has 0 N–H and O–H groups in total. The summed E-state index contributed by atoms with van der Waals surface area (Å²) in [5, 5.41) is 0.222. The number of hydrogen-bond acceptors (Lipinski definition) is 4. The SMILES string of the molecule is [B]c1c([B])c([B])c(-c2nc(-c3c([B])c([B])c([B])c(-c4c([B])c([B])c([B])c([B])c4[B])c3[B])nc(-c3c([B])c([B])c([B])c4oc5c(-n6c7c([B])c([B])c(-c8c([B])c([B])c([B])c([B])c8[B])cc7c7c([B])c([B])c([B])c([B])c76)c([B])c([B])c([B])c5c34)n2)c([B])c1[B]. The summed E-state index contributed by atoms with van der Waals surface area (Å²) in [6.45, 7) is 0. The highest BCUT2D eigenvalue weighted by Crippen LogP contribution is 2.38. The van der Waals surface area contributed by atoms with Gasteiger partial charge in [-0.2, -0.15) is 0 Å². The molecule has 0 aliphatic carbocycles. The van der Waals surface area contributed by atoms with Crippen LogP contribution in [0.2, 0.25) is 0 Å². The van der Waals surface area contributed by atoms with Gasteiger partial charge in [0.15, 0.2) is 23.1 Å². The van der Waals surface area contributed by atoms with Gasteiger partial charge in [0.2, 0.25) is 0 Å². The van der Waals surface area contributed by atoms with Crippen molar-refractivity contribution in [2.75, 3.05) is 0 Å². The highest BCUT2D eigenvalue weighted by molar-refractivity contribution is 6.75. The molecule has 87 heavy (non-hydrogen) atoms. The topological polar surface area (TPSA) is 56.7 Å². The van der Waals surface area contributed by atoms with Crippen LogP contribution in [0.15, 0.2) is 10.5 Å². The molecule has 3 aromatic heterocycles. The van der Waals surface area contributed by atoms with E-state index in [1.807, 2.05) is 0 Å². The van der Waals surface area contributed by atoms with E-state index in [-0.39, 0.29) is 264 Å². The third-order valence-corrected chi connectivity index (χ3v) is 16.1. The molecule has 0 amide bonds.